The molecule has 1 rings (SSSR count). The van der Waals surface area contributed by atoms with Gasteiger partial charge in [0.25, 0.3) is 0 Å². The fraction of sp³-hybridized carbons (Fsp3) is 1.00. The number of hydrogen-bond acceptors (Lipinski definition) is 3. The van der Waals surface area contributed by atoms with Gasteiger partial charge in [0.15, 0.2) is 0 Å². The molecule has 0 aliphatic carbocycles. The first kappa shape index (κ1) is 10.9. The Kier molecular flexibility index (Phi) is 3.70. The highest BCUT2D eigenvalue weighted by Crippen LogP contribution is 2.09. The second-order valence-corrected chi connectivity index (χ2v) is 5.56. The van der Waals surface area contributed by atoms with Gasteiger partial charge in [-0.15, -0.1) is 0 Å². The lowest BCUT2D eigenvalue weighted by Crippen LogP contribution is -2.52. The van der Waals surface area contributed by atoms with Gasteiger partial charge < -0.3 is 5.32 Å². The summed E-state index contributed by atoms with van der Waals surface area (Å²) in [6.45, 7) is 4.66. The van der Waals surface area contributed by atoms with E-state index in [1.165, 1.54) is 0 Å². The van der Waals surface area contributed by atoms with Crippen LogP contribution < -0.4 is 10.0 Å². The van der Waals surface area contributed by atoms with Gasteiger partial charge in [-0.05, 0) is 33.2 Å². The molecule has 0 radical (unpaired) electrons. The van der Waals surface area contributed by atoms with Crippen molar-refractivity contribution in [3.8, 4) is 0 Å². The van der Waals surface area contributed by atoms with Crippen LogP contribution >= 0.6 is 0 Å². The molecular weight excluding hydrogens is 188 g/mol. The zero-order valence-corrected chi connectivity index (χ0v) is 9.02. The van der Waals surface area contributed by atoms with Gasteiger partial charge in [-0.3, -0.25) is 0 Å². The van der Waals surface area contributed by atoms with Crippen LogP contribution in [0.3, 0.4) is 0 Å². The van der Waals surface area contributed by atoms with Crippen LogP contribution in [0.1, 0.15) is 26.7 Å². The molecule has 1 heterocycles. The van der Waals surface area contributed by atoms with Crippen LogP contribution in [0.4, 0.5) is 0 Å². The normalized spacial score (nSPS) is 30.3. The Bertz CT molecular complexity index is 251. The third kappa shape index (κ3) is 3.25. The first-order chi connectivity index (χ1) is 6.05. The predicted octanol–water partition coefficient (Wildman–Crippen LogP) is 0.0662. The molecule has 0 aromatic rings. The molecule has 0 amide bonds. The van der Waals surface area contributed by atoms with E-state index >= 15 is 0 Å². The summed E-state index contributed by atoms with van der Waals surface area (Å²) in [5.74, 6) is 0.163. The summed E-state index contributed by atoms with van der Waals surface area (Å²) < 4.78 is 25.3. The van der Waals surface area contributed by atoms with Crippen molar-refractivity contribution < 1.29 is 8.42 Å². The van der Waals surface area contributed by atoms with E-state index in [9.17, 15) is 8.42 Å². The van der Waals surface area contributed by atoms with Gasteiger partial charge >= 0.3 is 0 Å². The molecule has 13 heavy (non-hydrogen) atoms. The van der Waals surface area contributed by atoms with Gasteiger partial charge in [0.1, 0.15) is 0 Å². The van der Waals surface area contributed by atoms with Crippen LogP contribution in [0.25, 0.3) is 0 Å². The Morgan fingerprint density at radius 1 is 1.54 bits per heavy atom. The molecule has 0 spiro atoms. The second kappa shape index (κ2) is 4.39. The lowest BCUT2D eigenvalue weighted by atomic mass is 10.0. The van der Waals surface area contributed by atoms with Crippen molar-refractivity contribution in [1.29, 1.82) is 0 Å². The summed E-state index contributed by atoms with van der Waals surface area (Å²) in [5, 5.41) is 3.25. The van der Waals surface area contributed by atoms with Gasteiger partial charge in [0.2, 0.25) is 10.0 Å². The molecule has 1 saturated heterocycles. The minimum Gasteiger partial charge on any atom is -0.313 e. The number of nitrogens with one attached hydrogen (secondary N) is 2. The van der Waals surface area contributed by atoms with Crippen LogP contribution in [0, 0.1) is 0 Å². The summed E-state index contributed by atoms with van der Waals surface area (Å²) in [6.07, 6.45) is 1.98. The third-order valence-electron chi connectivity index (χ3n) is 2.47. The SMILES string of the molecule is CCS(=O)(=O)N[C@@H]1CCCN[C@@H]1C. The molecule has 1 aliphatic heterocycles. The molecule has 2 N–H and O–H groups in total. The van der Waals surface area contributed by atoms with Crippen molar-refractivity contribution in [2.45, 2.75) is 38.8 Å². The standard InChI is InChI=1S/C8H18N2O2S/c1-3-13(11,12)10-8-5-4-6-9-7(8)2/h7-10H,3-6H2,1-2H3/t7-,8-/m1/s1. The predicted molar refractivity (Wildman–Crippen MR) is 53.1 cm³/mol. The molecular formula is C8H18N2O2S. The minimum atomic E-state index is -3.04. The van der Waals surface area contributed by atoms with Crippen LogP contribution in [0.5, 0.6) is 0 Å². The number of piperidine rings is 1. The molecule has 0 aromatic carbocycles. The number of sulfonamides is 1. The van der Waals surface area contributed by atoms with E-state index < -0.39 is 10.0 Å². The first-order valence-corrected chi connectivity index (χ1v) is 6.44. The average molecular weight is 206 g/mol. The van der Waals surface area contributed by atoms with Gasteiger partial charge in [0.05, 0.1) is 5.75 Å². The first-order valence-electron chi connectivity index (χ1n) is 4.78. The zero-order valence-electron chi connectivity index (χ0n) is 8.21. The van der Waals surface area contributed by atoms with E-state index in [1.54, 1.807) is 6.92 Å². The Hall–Kier alpha value is -0.130. The highest BCUT2D eigenvalue weighted by Gasteiger charge is 2.24. The number of hydrogen-bond donors (Lipinski definition) is 2. The van der Waals surface area contributed by atoms with Crippen molar-refractivity contribution in [3.63, 3.8) is 0 Å². The maximum absolute atomic E-state index is 11.3. The van der Waals surface area contributed by atoms with Gasteiger partial charge in [-0.25, -0.2) is 13.1 Å². The Morgan fingerprint density at radius 3 is 2.77 bits per heavy atom. The van der Waals surface area contributed by atoms with Gasteiger partial charge in [-0.1, -0.05) is 0 Å². The van der Waals surface area contributed by atoms with Gasteiger partial charge in [-0.2, -0.15) is 0 Å². The van der Waals surface area contributed by atoms with E-state index in [4.69, 9.17) is 0 Å². The van der Waals surface area contributed by atoms with Crippen LogP contribution in [-0.4, -0.2) is 32.8 Å². The summed E-state index contributed by atoms with van der Waals surface area (Å²) >= 11 is 0. The van der Waals surface area contributed by atoms with Gasteiger partial charge in [0, 0.05) is 12.1 Å². The molecule has 0 aromatic heterocycles. The Labute approximate surface area is 80.1 Å². The second-order valence-electron chi connectivity index (χ2n) is 3.51. The average Bonchev–Trinajstić information content (AvgIpc) is 2.09. The van der Waals surface area contributed by atoms with Crippen molar-refractivity contribution in [2.75, 3.05) is 12.3 Å². The fourth-order valence-corrected chi connectivity index (χ4v) is 2.47. The van der Waals surface area contributed by atoms with E-state index in [0.717, 1.165) is 19.4 Å². The molecule has 4 nitrogen and oxygen atoms in total. The Morgan fingerprint density at radius 2 is 2.23 bits per heavy atom. The van der Waals surface area contributed by atoms with E-state index in [2.05, 4.69) is 10.0 Å². The lowest BCUT2D eigenvalue weighted by molar-refractivity contribution is 0.349. The van der Waals surface area contributed by atoms with E-state index in [1.807, 2.05) is 6.92 Å². The summed E-state index contributed by atoms with van der Waals surface area (Å²) in [5.41, 5.74) is 0. The van der Waals surface area contributed by atoms with Crippen LogP contribution in [-0.2, 0) is 10.0 Å². The third-order valence-corrected chi connectivity index (χ3v) is 3.89. The monoisotopic (exact) mass is 206 g/mol. The van der Waals surface area contributed by atoms with E-state index in [-0.39, 0.29) is 17.8 Å². The molecule has 0 saturated carbocycles. The van der Waals surface area contributed by atoms with Crippen molar-refractivity contribution in [1.82, 2.24) is 10.0 Å². The molecule has 1 fully saturated rings. The number of rotatable bonds is 3. The fourth-order valence-electron chi connectivity index (χ4n) is 1.52. The van der Waals surface area contributed by atoms with Crippen molar-refractivity contribution >= 4 is 10.0 Å². The maximum Gasteiger partial charge on any atom is 0.211 e. The highest BCUT2D eigenvalue weighted by atomic mass is 32.2. The topological polar surface area (TPSA) is 58.2 Å². The molecule has 0 unspecified atom stereocenters. The molecule has 1 aliphatic rings. The summed E-state index contributed by atoms with van der Waals surface area (Å²) in [7, 11) is -3.04. The molecule has 5 heteroatoms. The minimum absolute atomic E-state index is 0.0682. The van der Waals surface area contributed by atoms with E-state index in [0.29, 0.717) is 0 Å². The largest absolute Gasteiger partial charge is 0.313 e. The van der Waals surface area contributed by atoms with Crippen LogP contribution in [0.15, 0.2) is 0 Å². The molecule has 78 valence electrons. The lowest BCUT2D eigenvalue weighted by Gasteiger charge is -2.30. The zero-order chi connectivity index (χ0) is 9.90. The molecule has 0 bridgehead atoms. The summed E-state index contributed by atoms with van der Waals surface area (Å²) in [6, 6.07) is 0.314. The summed E-state index contributed by atoms with van der Waals surface area (Å²) in [4.78, 5) is 0. The quantitative estimate of drug-likeness (QED) is 0.687. The Balaban J connectivity index is 2.52. The van der Waals surface area contributed by atoms with Crippen LogP contribution in [0.2, 0.25) is 0 Å². The van der Waals surface area contributed by atoms with Crippen molar-refractivity contribution in [3.05, 3.63) is 0 Å². The molecule has 2 atom stereocenters. The highest BCUT2D eigenvalue weighted by molar-refractivity contribution is 7.89. The smallest absolute Gasteiger partial charge is 0.211 e. The maximum atomic E-state index is 11.3. The van der Waals surface area contributed by atoms with Crippen molar-refractivity contribution in [2.24, 2.45) is 0 Å².